The summed E-state index contributed by atoms with van der Waals surface area (Å²) in [5.74, 6) is -0.445. The van der Waals surface area contributed by atoms with E-state index in [0.717, 1.165) is 6.42 Å². The van der Waals surface area contributed by atoms with Gasteiger partial charge >= 0.3 is 11.9 Å². The van der Waals surface area contributed by atoms with Gasteiger partial charge in [-0.05, 0) is 19.3 Å². The summed E-state index contributed by atoms with van der Waals surface area (Å²) >= 11 is 0. The van der Waals surface area contributed by atoms with Gasteiger partial charge in [-0.3, -0.25) is 10.1 Å². The van der Waals surface area contributed by atoms with Gasteiger partial charge in [-0.1, -0.05) is 0 Å². The number of nitrogens with zero attached hydrogens (tertiary/aromatic N) is 2. The van der Waals surface area contributed by atoms with Gasteiger partial charge in [0.2, 0.25) is 5.75 Å². The third-order valence-corrected chi connectivity index (χ3v) is 3.12. The molecule has 1 aromatic rings. The van der Waals surface area contributed by atoms with E-state index >= 15 is 0 Å². The minimum atomic E-state index is -4.69. The van der Waals surface area contributed by atoms with Gasteiger partial charge in [0.25, 0.3) is 0 Å². The van der Waals surface area contributed by atoms with Gasteiger partial charge in [0.05, 0.1) is 4.92 Å². The molecule has 6 nitrogen and oxygen atoms in total. The minimum absolute atomic E-state index is 0.336. The molecule has 0 saturated heterocycles. The molecule has 0 bridgehead atoms. The van der Waals surface area contributed by atoms with Crippen LogP contribution in [0.2, 0.25) is 0 Å². The molecular weight excluding hydrogens is 279 g/mol. The number of ether oxygens (including phenoxy) is 1. The van der Waals surface area contributed by atoms with Gasteiger partial charge in [0.15, 0.2) is 0 Å². The molecule has 0 radical (unpaired) electrons. The minimum Gasteiger partial charge on any atom is -0.482 e. The van der Waals surface area contributed by atoms with Gasteiger partial charge in [-0.2, -0.15) is 13.2 Å². The molecule has 1 aromatic heterocycles. The number of aromatic nitrogens is 1. The number of rotatable bonds is 3. The van der Waals surface area contributed by atoms with Crippen molar-refractivity contribution in [3.63, 3.8) is 0 Å². The number of halogens is 3. The molecular formula is C11H12F3N3O3. The number of pyridine rings is 1. The summed E-state index contributed by atoms with van der Waals surface area (Å²) in [5.41, 5.74) is 3.91. The van der Waals surface area contributed by atoms with Gasteiger partial charge in [0, 0.05) is 12.1 Å². The number of hydrogen-bond donors (Lipinski definition) is 1. The number of alkyl halides is 3. The quantitative estimate of drug-likeness (QED) is 0.681. The molecule has 0 amide bonds. The third-order valence-electron chi connectivity index (χ3n) is 3.12. The largest absolute Gasteiger partial charge is 0.482 e. The predicted octanol–water partition coefficient (Wildman–Crippen LogP) is 2.27. The first-order valence-electron chi connectivity index (χ1n) is 5.93. The predicted molar refractivity (Wildman–Crippen MR) is 62.1 cm³/mol. The van der Waals surface area contributed by atoms with E-state index in [1.807, 2.05) is 0 Å². The highest BCUT2D eigenvalue weighted by atomic mass is 19.4. The van der Waals surface area contributed by atoms with Crippen LogP contribution in [-0.2, 0) is 6.18 Å². The molecule has 20 heavy (non-hydrogen) atoms. The van der Waals surface area contributed by atoms with Crippen molar-refractivity contribution < 1.29 is 22.8 Å². The number of nitrogens with two attached hydrogens (primary N) is 1. The molecule has 9 heteroatoms. The maximum Gasteiger partial charge on any atom is 0.433 e. The second kappa shape index (κ2) is 5.23. The highest BCUT2D eigenvalue weighted by Crippen LogP contribution is 2.36. The summed E-state index contributed by atoms with van der Waals surface area (Å²) in [6.45, 7) is 0. The van der Waals surface area contributed by atoms with E-state index in [9.17, 15) is 23.3 Å². The second-order valence-corrected chi connectivity index (χ2v) is 4.54. The van der Waals surface area contributed by atoms with Crippen molar-refractivity contribution in [3.05, 3.63) is 28.1 Å². The first kappa shape index (κ1) is 14.5. The Kier molecular flexibility index (Phi) is 3.80. The molecule has 1 saturated carbocycles. The van der Waals surface area contributed by atoms with E-state index < -0.39 is 34.3 Å². The highest BCUT2D eigenvalue weighted by Gasteiger charge is 2.36. The van der Waals surface area contributed by atoms with Crippen LogP contribution in [0.3, 0.4) is 0 Å². The van der Waals surface area contributed by atoms with Crippen molar-refractivity contribution in [3.8, 4) is 5.75 Å². The molecule has 2 rings (SSSR count). The fourth-order valence-electron chi connectivity index (χ4n) is 2.08. The Hall–Kier alpha value is -1.90. The van der Waals surface area contributed by atoms with Crippen LogP contribution >= 0.6 is 0 Å². The van der Waals surface area contributed by atoms with Gasteiger partial charge in [-0.15, -0.1) is 0 Å². The highest BCUT2D eigenvalue weighted by molar-refractivity contribution is 5.45. The zero-order valence-corrected chi connectivity index (χ0v) is 10.3. The number of hydrogen-bond acceptors (Lipinski definition) is 5. The molecule has 2 atom stereocenters. The maximum absolute atomic E-state index is 12.6. The van der Waals surface area contributed by atoms with Gasteiger partial charge in [0.1, 0.15) is 18.0 Å². The summed E-state index contributed by atoms with van der Waals surface area (Å²) < 4.78 is 43.0. The lowest BCUT2D eigenvalue weighted by Gasteiger charge is -2.18. The lowest BCUT2D eigenvalue weighted by Crippen LogP contribution is -2.33. The SMILES string of the molecule is NC1CCCC1Oc1cc(C(F)(F)F)ncc1[N+](=O)[O-]. The molecule has 1 fully saturated rings. The van der Waals surface area contributed by atoms with E-state index in [0.29, 0.717) is 25.1 Å². The van der Waals surface area contributed by atoms with Crippen molar-refractivity contribution in [2.75, 3.05) is 0 Å². The van der Waals surface area contributed by atoms with Crippen LogP contribution in [0.15, 0.2) is 12.3 Å². The Morgan fingerprint density at radius 1 is 1.45 bits per heavy atom. The van der Waals surface area contributed by atoms with E-state index in [1.165, 1.54) is 0 Å². The van der Waals surface area contributed by atoms with Gasteiger partial charge in [-0.25, -0.2) is 4.98 Å². The van der Waals surface area contributed by atoms with Crippen LogP contribution < -0.4 is 10.5 Å². The van der Waals surface area contributed by atoms with Crippen LogP contribution in [0.5, 0.6) is 5.75 Å². The summed E-state index contributed by atoms with van der Waals surface area (Å²) in [7, 11) is 0. The van der Waals surface area contributed by atoms with Crippen LogP contribution in [-0.4, -0.2) is 22.1 Å². The fraction of sp³-hybridized carbons (Fsp3) is 0.545. The average Bonchev–Trinajstić information content (AvgIpc) is 2.73. The topological polar surface area (TPSA) is 91.3 Å². The van der Waals surface area contributed by atoms with Gasteiger partial charge < -0.3 is 10.5 Å². The van der Waals surface area contributed by atoms with Crippen molar-refractivity contribution in [1.82, 2.24) is 4.98 Å². The normalized spacial score (nSPS) is 22.8. The Balaban J connectivity index is 2.34. The Morgan fingerprint density at radius 2 is 2.15 bits per heavy atom. The van der Waals surface area contributed by atoms with Crippen LogP contribution in [0.25, 0.3) is 0 Å². The third kappa shape index (κ3) is 2.98. The van der Waals surface area contributed by atoms with Crippen molar-refractivity contribution >= 4 is 5.69 Å². The van der Waals surface area contributed by atoms with Crippen LogP contribution in [0.4, 0.5) is 18.9 Å². The summed E-state index contributed by atoms with van der Waals surface area (Å²) in [4.78, 5) is 13.0. The average molecular weight is 291 g/mol. The molecule has 110 valence electrons. The fourth-order valence-corrected chi connectivity index (χ4v) is 2.08. The van der Waals surface area contributed by atoms with Crippen molar-refractivity contribution in [2.45, 2.75) is 37.6 Å². The molecule has 2 N–H and O–H groups in total. The van der Waals surface area contributed by atoms with E-state index in [4.69, 9.17) is 10.5 Å². The zero-order valence-electron chi connectivity index (χ0n) is 10.3. The molecule has 1 heterocycles. The maximum atomic E-state index is 12.6. The molecule has 2 unspecified atom stereocenters. The molecule has 1 aliphatic rings. The molecule has 0 aromatic carbocycles. The smallest absolute Gasteiger partial charge is 0.433 e. The van der Waals surface area contributed by atoms with Crippen LogP contribution in [0, 0.1) is 10.1 Å². The van der Waals surface area contributed by atoms with E-state index in [2.05, 4.69) is 4.98 Å². The van der Waals surface area contributed by atoms with E-state index in [1.54, 1.807) is 0 Å². The first-order chi connectivity index (χ1) is 9.29. The second-order valence-electron chi connectivity index (χ2n) is 4.54. The number of nitro groups is 1. The summed E-state index contributed by atoms with van der Waals surface area (Å²) in [5, 5.41) is 10.8. The van der Waals surface area contributed by atoms with Crippen LogP contribution in [0.1, 0.15) is 25.0 Å². The van der Waals surface area contributed by atoms with E-state index in [-0.39, 0.29) is 6.04 Å². The Bertz CT molecular complexity index is 521. The summed E-state index contributed by atoms with van der Waals surface area (Å²) in [6.07, 6.45) is -2.64. The lowest BCUT2D eigenvalue weighted by molar-refractivity contribution is -0.386. The Labute approximate surface area is 111 Å². The summed E-state index contributed by atoms with van der Waals surface area (Å²) in [6, 6.07) is 0.209. The standard InChI is InChI=1S/C11H12F3N3O3/c12-11(13,14)10-4-9(7(5-16-10)17(18)19)20-8-3-1-2-6(8)15/h4-6,8H,1-3,15H2. The first-order valence-corrected chi connectivity index (χ1v) is 5.93. The zero-order chi connectivity index (χ0) is 14.9. The Morgan fingerprint density at radius 3 is 2.65 bits per heavy atom. The molecule has 0 aliphatic heterocycles. The molecule has 0 spiro atoms. The lowest BCUT2D eigenvalue weighted by atomic mass is 10.2. The van der Waals surface area contributed by atoms with Crippen molar-refractivity contribution in [2.24, 2.45) is 5.73 Å². The van der Waals surface area contributed by atoms with Crippen molar-refractivity contribution in [1.29, 1.82) is 0 Å². The molecule has 1 aliphatic carbocycles. The monoisotopic (exact) mass is 291 g/mol.